The Kier molecular flexibility index (Phi) is 2.72. The largest absolute Gasteiger partial charge is 0.363 e. The number of rotatable bonds is 2. The van der Waals surface area contributed by atoms with Crippen LogP contribution in [0.25, 0.3) is 11.0 Å². The van der Waals surface area contributed by atoms with Crippen molar-refractivity contribution in [3.05, 3.63) is 28.9 Å². The smallest absolute Gasteiger partial charge is 0.145 e. The van der Waals surface area contributed by atoms with Crippen molar-refractivity contribution >= 4 is 32.8 Å². The fourth-order valence-corrected chi connectivity index (χ4v) is 2.40. The highest BCUT2D eigenvalue weighted by atomic mass is 79.9. The van der Waals surface area contributed by atoms with Crippen molar-refractivity contribution in [2.45, 2.75) is 6.04 Å². The molecule has 0 radical (unpaired) electrons. The third-order valence-electron chi connectivity index (χ3n) is 2.92. The molecule has 5 heteroatoms. The molecule has 0 spiro atoms. The molecule has 88 valence electrons. The number of likely N-dealkylation sites (N-methyl/N-ethyl adjacent to an activating group) is 1. The normalized spacial score (nSPS) is 17.1. The van der Waals surface area contributed by atoms with Crippen molar-refractivity contribution in [2.24, 2.45) is 0 Å². The van der Waals surface area contributed by atoms with Crippen molar-refractivity contribution in [3.8, 4) is 0 Å². The predicted octanol–water partition coefficient (Wildman–Crippen LogP) is 2.12. The van der Waals surface area contributed by atoms with E-state index in [0.29, 0.717) is 6.04 Å². The van der Waals surface area contributed by atoms with Gasteiger partial charge >= 0.3 is 0 Å². The lowest BCUT2D eigenvalue weighted by molar-refractivity contribution is 0.205. The van der Waals surface area contributed by atoms with Crippen LogP contribution in [0.3, 0.4) is 0 Å². The first kappa shape index (κ1) is 10.9. The number of fused-ring (bicyclic) bond motifs is 1. The van der Waals surface area contributed by atoms with E-state index in [4.69, 9.17) is 0 Å². The summed E-state index contributed by atoms with van der Waals surface area (Å²) in [5.74, 6) is 0.855. The van der Waals surface area contributed by atoms with Crippen LogP contribution in [0, 0.1) is 0 Å². The lowest BCUT2D eigenvalue weighted by Crippen LogP contribution is -2.52. The van der Waals surface area contributed by atoms with Gasteiger partial charge < -0.3 is 10.2 Å². The summed E-state index contributed by atoms with van der Waals surface area (Å²) in [6, 6.07) is 6.43. The zero-order valence-corrected chi connectivity index (χ0v) is 11.1. The van der Waals surface area contributed by atoms with E-state index in [9.17, 15) is 0 Å². The van der Waals surface area contributed by atoms with Gasteiger partial charge in [0.15, 0.2) is 0 Å². The third-order valence-corrected chi connectivity index (χ3v) is 3.41. The van der Waals surface area contributed by atoms with Crippen LogP contribution >= 0.6 is 15.9 Å². The van der Waals surface area contributed by atoms with E-state index >= 15 is 0 Å². The van der Waals surface area contributed by atoms with Gasteiger partial charge in [-0.05, 0) is 25.2 Å². The maximum absolute atomic E-state index is 4.56. The Labute approximate surface area is 108 Å². The molecule has 1 aliphatic rings. The monoisotopic (exact) mass is 292 g/mol. The Morgan fingerprint density at radius 3 is 2.94 bits per heavy atom. The molecule has 1 aromatic heterocycles. The van der Waals surface area contributed by atoms with Gasteiger partial charge in [0.1, 0.15) is 5.82 Å². The van der Waals surface area contributed by atoms with E-state index in [-0.39, 0.29) is 0 Å². The molecule has 2 aromatic rings. The molecule has 17 heavy (non-hydrogen) atoms. The Bertz CT molecular complexity index is 551. The van der Waals surface area contributed by atoms with Gasteiger partial charge in [-0.15, -0.1) is 0 Å². The van der Waals surface area contributed by atoms with Crippen LogP contribution in [0.1, 0.15) is 0 Å². The van der Waals surface area contributed by atoms with Gasteiger partial charge in [0.2, 0.25) is 0 Å². The number of likely N-dealkylation sites (tertiary alicyclic amines) is 1. The number of hydrogen-bond acceptors (Lipinski definition) is 4. The van der Waals surface area contributed by atoms with Gasteiger partial charge in [0.05, 0.1) is 23.3 Å². The van der Waals surface area contributed by atoms with E-state index in [0.717, 1.165) is 34.4 Å². The second kappa shape index (κ2) is 4.23. The molecule has 0 bridgehead atoms. The summed E-state index contributed by atoms with van der Waals surface area (Å²) >= 11 is 3.45. The maximum atomic E-state index is 4.56. The van der Waals surface area contributed by atoms with E-state index < -0.39 is 0 Å². The Balaban J connectivity index is 1.85. The zero-order valence-electron chi connectivity index (χ0n) is 9.52. The minimum atomic E-state index is 0.499. The molecule has 3 rings (SSSR count). The van der Waals surface area contributed by atoms with Crippen LogP contribution in [-0.2, 0) is 0 Å². The molecule has 1 N–H and O–H groups in total. The molecule has 1 fully saturated rings. The number of halogens is 1. The maximum Gasteiger partial charge on any atom is 0.145 e. The molecule has 0 atom stereocenters. The zero-order chi connectivity index (χ0) is 11.8. The van der Waals surface area contributed by atoms with E-state index in [1.165, 1.54) is 0 Å². The first-order valence-electron chi connectivity index (χ1n) is 5.58. The van der Waals surface area contributed by atoms with Gasteiger partial charge in [0.25, 0.3) is 0 Å². The van der Waals surface area contributed by atoms with Crippen LogP contribution in [-0.4, -0.2) is 41.0 Å². The molecule has 0 saturated carbocycles. The fourth-order valence-electron chi connectivity index (χ4n) is 2.05. The second-order valence-corrected chi connectivity index (χ2v) is 5.37. The van der Waals surface area contributed by atoms with E-state index in [1.54, 1.807) is 6.20 Å². The quantitative estimate of drug-likeness (QED) is 0.921. The Morgan fingerprint density at radius 2 is 2.18 bits per heavy atom. The minimum absolute atomic E-state index is 0.499. The number of benzene rings is 1. The molecule has 1 aromatic carbocycles. The lowest BCUT2D eigenvalue weighted by atomic mass is 10.1. The summed E-state index contributed by atoms with van der Waals surface area (Å²) in [6.07, 6.45) is 1.80. The standard InChI is InChI=1S/C12H13BrN4/c1-17-6-9(7-17)15-12-5-14-10-3-2-8(13)4-11(10)16-12/h2-5,9H,6-7H2,1H3,(H,15,16). The van der Waals surface area contributed by atoms with Crippen LogP contribution in [0.5, 0.6) is 0 Å². The summed E-state index contributed by atoms with van der Waals surface area (Å²) in [4.78, 5) is 11.2. The molecule has 0 amide bonds. The average molecular weight is 293 g/mol. The van der Waals surface area contributed by atoms with Gasteiger partial charge in [-0.3, -0.25) is 4.98 Å². The molecule has 4 nitrogen and oxygen atoms in total. The average Bonchev–Trinajstić information content (AvgIpc) is 2.26. The number of hydrogen-bond donors (Lipinski definition) is 1. The van der Waals surface area contributed by atoms with Crippen molar-refractivity contribution < 1.29 is 0 Å². The third kappa shape index (κ3) is 2.25. The minimum Gasteiger partial charge on any atom is -0.363 e. The van der Waals surface area contributed by atoms with Crippen LogP contribution < -0.4 is 5.32 Å². The Morgan fingerprint density at radius 1 is 1.35 bits per heavy atom. The van der Waals surface area contributed by atoms with Crippen LogP contribution in [0.4, 0.5) is 5.82 Å². The molecule has 0 aliphatic carbocycles. The topological polar surface area (TPSA) is 41.0 Å². The van der Waals surface area contributed by atoms with Gasteiger partial charge in [-0.1, -0.05) is 15.9 Å². The van der Waals surface area contributed by atoms with Gasteiger partial charge in [-0.2, -0.15) is 0 Å². The molecule has 1 aliphatic heterocycles. The van der Waals surface area contributed by atoms with Gasteiger partial charge in [-0.25, -0.2) is 4.98 Å². The number of nitrogens with zero attached hydrogens (tertiary/aromatic N) is 3. The van der Waals surface area contributed by atoms with E-state index in [2.05, 4.69) is 43.2 Å². The van der Waals surface area contributed by atoms with Crippen LogP contribution in [0.2, 0.25) is 0 Å². The second-order valence-electron chi connectivity index (χ2n) is 4.45. The highest BCUT2D eigenvalue weighted by Gasteiger charge is 2.23. The summed E-state index contributed by atoms with van der Waals surface area (Å²) in [5, 5.41) is 3.39. The number of aromatic nitrogens is 2. The highest BCUT2D eigenvalue weighted by molar-refractivity contribution is 9.10. The summed E-state index contributed by atoms with van der Waals surface area (Å²) < 4.78 is 1.03. The molecule has 2 heterocycles. The summed E-state index contributed by atoms with van der Waals surface area (Å²) in [6.45, 7) is 2.14. The summed E-state index contributed by atoms with van der Waals surface area (Å²) in [7, 11) is 2.11. The SMILES string of the molecule is CN1CC(Nc2cnc3ccc(Br)cc3n2)C1. The van der Waals surface area contributed by atoms with Gasteiger partial charge in [0, 0.05) is 17.6 Å². The fraction of sp³-hybridized carbons (Fsp3) is 0.333. The number of nitrogens with one attached hydrogen (secondary N) is 1. The van der Waals surface area contributed by atoms with Crippen molar-refractivity contribution in [1.29, 1.82) is 0 Å². The molecule has 0 unspecified atom stereocenters. The van der Waals surface area contributed by atoms with Crippen molar-refractivity contribution in [3.63, 3.8) is 0 Å². The lowest BCUT2D eigenvalue weighted by Gasteiger charge is -2.36. The molecular formula is C12H13BrN4. The molecular weight excluding hydrogens is 280 g/mol. The first-order valence-corrected chi connectivity index (χ1v) is 6.37. The Hall–Kier alpha value is -1.20. The summed E-state index contributed by atoms with van der Waals surface area (Å²) in [5.41, 5.74) is 1.83. The van der Waals surface area contributed by atoms with Crippen LogP contribution in [0.15, 0.2) is 28.9 Å². The predicted molar refractivity (Wildman–Crippen MR) is 72.1 cm³/mol. The number of anilines is 1. The van der Waals surface area contributed by atoms with E-state index in [1.807, 2.05) is 18.2 Å². The highest BCUT2D eigenvalue weighted by Crippen LogP contribution is 2.19. The first-order chi connectivity index (χ1) is 8.20. The van der Waals surface area contributed by atoms with Crippen molar-refractivity contribution in [1.82, 2.24) is 14.9 Å². The molecule has 1 saturated heterocycles. The van der Waals surface area contributed by atoms with Crippen molar-refractivity contribution in [2.75, 3.05) is 25.5 Å².